The minimum absolute atomic E-state index is 0.124. The molecule has 2 fully saturated rings. The van der Waals surface area contributed by atoms with Crippen LogP contribution in [0.5, 0.6) is 0 Å². The van der Waals surface area contributed by atoms with E-state index in [1.807, 2.05) is 6.92 Å². The van der Waals surface area contributed by atoms with E-state index in [-0.39, 0.29) is 25.0 Å². The number of aliphatic carboxylic acids is 1. The average Bonchev–Trinajstić information content (AvgIpc) is 2.83. The van der Waals surface area contributed by atoms with Gasteiger partial charge in [0.15, 0.2) is 0 Å². The fraction of sp³-hybridized carbons (Fsp3) is 0.818. The van der Waals surface area contributed by atoms with Gasteiger partial charge in [0, 0.05) is 25.6 Å². The van der Waals surface area contributed by atoms with Crippen molar-refractivity contribution in [3.05, 3.63) is 0 Å². The number of likely N-dealkylation sites (tertiary alicyclic amines) is 2. The number of hydrogen-bond donors (Lipinski definition) is 2. The molecule has 3 atom stereocenters. The minimum Gasteiger partial charge on any atom is -0.480 e. The van der Waals surface area contributed by atoms with Gasteiger partial charge in [0.1, 0.15) is 6.04 Å². The van der Waals surface area contributed by atoms with Gasteiger partial charge >= 0.3 is 12.0 Å². The van der Waals surface area contributed by atoms with Gasteiger partial charge in [0.05, 0.1) is 6.10 Å². The summed E-state index contributed by atoms with van der Waals surface area (Å²) in [5.74, 6) is -1.04. The Hall–Kier alpha value is -1.30. The van der Waals surface area contributed by atoms with Gasteiger partial charge < -0.3 is 20.0 Å². The molecule has 0 saturated carbocycles. The van der Waals surface area contributed by atoms with Gasteiger partial charge in [-0.3, -0.25) is 0 Å². The standard InChI is InChI=1S/C11H18N2O4/c1-7-3-2-4-12(7)11(17)13-6-8(14)5-9(13)10(15)16/h7-9,14H,2-6H2,1H3,(H,15,16). The van der Waals surface area contributed by atoms with Crippen molar-refractivity contribution in [2.24, 2.45) is 0 Å². The van der Waals surface area contributed by atoms with Crippen LogP contribution in [-0.4, -0.2) is 63.3 Å². The van der Waals surface area contributed by atoms with Gasteiger partial charge in [-0.25, -0.2) is 9.59 Å². The van der Waals surface area contributed by atoms with Crippen LogP contribution in [0.4, 0.5) is 4.79 Å². The van der Waals surface area contributed by atoms with Crippen LogP contribution in [0.1, 0.15) is 26.2 Å². The van der Waals surface area contributed by atoms with Crippen molar-refractivity contribution in [2.75, 3.05) is 13.1 Å². The number of hydrogen-bond acceptors (Lipinski definition) is 3. The summed E-state index contributed by atoms with van der Waals surface area (Å²) in [7, 11) is 0. The van der Waals surface area contributed by atoms with Crippen LogP contribution in [0, 0.1) is 0 Å². The first-order chi connectivity index (χ1) is 8.00. The third kappa shape index (κ3) is 2.22. The Morgan fingerprint density at radius 3 is 2.53 bits per heavy atom. The summed E-state index contributed by atoms with van der Waals surface area (Å²) in [6.07, 6.45) is 1.32. The molecule has 2 aliphatic rings. The molecule has 0 radical (unpaired) electrons. The second kappa shape index (κ2) is 4.52. The van der Waals surface area contributed by atoms with Gasteiger partial charge in [0.2, 0.25) is 0 Å². The largest absolute Gasteiger partial charge is 0.480 e. The fourth-order valence-electron chi connectivity index (χ4n) is 2.64. The molecule has 2 saturated heterocycles. The quantitative estimate of drug-likeness (QED) is 0.684. The minimum atomic E-state index is -1.04. The molecule has 17 heavy (non-hydrogen) atoms. The number of nitrogens with zero attached hydrogens (tertiary/aromatic N) is 2. The van der Waals surface area contributed by atoms with Gasteiger partial charge in [-0.05, 0) is 19.8 Å². The number of urea groups is 1. The Morgan fingerprint density at radius 2 is 2.00 bits per heavy atom. The van der Waals surface area contributed by atoms with E-state index in [1.165, 1.54) is 4.90 Å². The third-order valence-corrected chi connectivity index (χ3v) is 3.61. The van der Waals surface area contributed by atoms with Gasteiger partial charge in [-0.2, -0.15) is 0 Å². The highest BCUT2D eigenvalue weighted by atomic mass is 16.4. The lowest BCUT2D eigenvalue weighted by Crippen LogP contribution is -2.49. The molecule has 6 heteroatoms. The zero-order chi connectivity index (χ0) is 12.6. The first kappa shape index (κ1) is 12.2. The zero-order valence-corrected chi connectivity index (χ0v) is 9.87. The van der Waals surface area contributed by atoms with Gasteiger partial charge in [-0.1, -0.05) is 0 Å². The Bertz CT molecular complexity index is 333. The molecule has 2 aliphatic heterocycles. The molecule has 96 valence electrons. The summed E-state index contributed by atoms with van der Waals surface area (Å²) in [6, 6.07) is -0.973. The van der Waals surface area contributed by atoms with Crippen molar-refractivity contribution < 1.29 is 19.8 Å². The number of carbonyl (C=O) groups excluding carboxylic acids is 1. The van der Waals surface area contributed by atoms with E-state index in [9.17, 15) is 14.7 Å². The van der Waals surface area contributed by atoms with Crippen LogP contribution in [0.3, 0.4) is 0 Å². The molecular formula is C11H18N2O4. The van der Waals surface area contributed by atoms with Crippen LogP contribution in [0.25, 0.3) is 0 Å². The number of carboxylic acid groups (broad SMARTS) is 1. The maximum absolute atomic E-state index is 12.2. The Labute approximate surface area is 99.8 Å². The zero-order valence-electron chi connectivity index (χ0n) is 9.87. The molecule has 2 heterocycles. The summed E-state index contributed by atoms with van der Waals surface area (Å²) in [4.78, 5) is 26.2. The number of aliphatic hydroxyl groups excluding tert-OH is 1. The first-order valence-electron chi connectivity index (χ1n) is 5.99. The Balaban J connectivity index is 2.10. The van der Waals surface area contributed by atoms with Crippen molar-refractivity contribution in [3.8, 4) is 0 Å². The average molecular weight is 242 g/mol. The van der Waals surface area contributed by atoms with E-state index in [2.05, 4.69) is 0 Å². The molecular weight excluding hydrogens is 224 g/mol. The maximum Gasteiger partial charge on any atom is 0.326 e. The van der Waals surface area contributed by atoms with Crippen molar-refractivity contribution in [1.29, 1.82) is 0 Å². The molecule has 0 bridgehead atoms. The predicted molar refractivity (Wildman–Crippen MR) is 59.6 cm³/mol. The van der Waals surface area contributed by atoms with Gasteiger partial charge in [-0.15, -0.1) is 0 Å². The fourth-order valence-corrected chi connectivity index (χ4v) is 2.64. The van der Waals surface area contributed by atoms with E-state index in [0.717, 1.165) is 12.8 Å². The van der Waals surface area contributed by atoms with Crippen molar-refractivity contribution >= 4 is 12.0 Å². The first-order valence-corrected chi connectivity index (χ1v) is 5.99. The summed E-state index contributed by atoms with van der Waals surface area (Å²) < 4.78 is 0. The smallest absolute Gasteiger partial charge is 0.326 e. The molecule has 0 aromatic rings. The highest BCUT2D eigenvalue weighted by molar-refractivity contribution is 5.83. The van der Waals surface area contributed by atoms with E-state index < -0.39 is 18.1 Å². The second-order valence-electron chi connectivity index (χ2n) is 4.86. The molecule has 3 unspecified atom stereocenters. The highest BCUT2D eigenvalue weighted by Crippen LogP contribution is 2.24. The normalized spacial score (nSPS) is 33.2. The summed E-state index contributed by atoms with van der Waals surface area (Å²) >= 11 is 0. The van der Waals surface area contributed by atoms with Gasteiger partial charge in [0.25, 0.3) is 0 Å². The van der Waals surface area contributed by atoms with Crippen LogP contribution in [0.2, 0.25) is 0 Å². The van der Waals surface area contributed by atoms with Crippen LogP contribution in [-0.2, 0) is 4.79 Å². The van der Waals surface area contributed by atoms with E-state index in [1.54, 1.807) is 4.90 Å². The topological polar surface area (TPSA) is 81.1 Å². The number of β-amino-alcohol motifs (C(OH)–C–C–N with tert-alkyl or cyclic N) is 1. The number of carbonyl (C=O) groups is 2. The maximum atomic E-state index is 12.2. The molecule has 0 aromatic heterocycles. The molecule has 2 amide bonds. The number of carboxylic acids is 1. The van der Waals surface area contributed by atoms with Crippen LogP contribution >= 0.6 is 0 Å². The van der Waals surface area contributed by atoms with E-state index >= 15 is 0 Å². The summed E-state index contributed by atoms with van der Waals surface area (Å²) in [5, 5.41) is 18.5. The molecule has 6 nitrogen and oxygen atoms in total. The van der Waals surface area contributed by atoms with Crippen LogP contribution in [0.15, 0.2) is 0 Å². The molecule has 0 aliphatic carbocycles. The van der Waals surface area contributed by atoms with Crippen molar-refractivity contribution in [3.63, 3.8) is 0 Å². The lowest BCUT2D eigenvalue weighted by molar-refractivity contribution is -0.141. The van der Waals surface area contributed by atoms with E-state index in [4.69, 9.17) is 5.11 Å². The molecule has 0 spiro atoms. The summed E-state index contributed by atoms with van der Waals surface area (Å²) in [6.45, 7) is 2.77. The molecule has 2 N–H and O–H groups in total. The highest BCUT2D eigenvalue weighted by Gasteiger charge is 2.42. The Morgan fingerprint density at radius 1 is 1.29 bits per heavy atom. The number of amides is 2. The molecule has 2 rings (SSSR count). The third-order valence-electron chi connectivity index (χ3n) is 3.61. The van der Waals surface area contributed by atoms with E-state index in [0.29, 0.717) is 6.54 Å². The number of aliphatic hydroxyl groups is 1. The van der Waals surface area contributed by atoms with Crippen LogP contribution < -0.4 is 0 Å². The predicted octanol–water partition coefficient (Wildman–Crippen LogP) is 0.110. The van der Waals surface area contributed by atoms with Crippen molar-refractivity contribution in [1.82, 2.24) is 9.80 Å². The lowest BCUT2D eigenvalue weighted by Gasteiger charge is -2.29. The molecule has 0 aromatic carbocycles. The van der Waals surface area contributed by atoms with Crippen molar-refractivity contribution in [2.45, 2.75) is 44.4 Å². The SMILES string of the molecule is CC1CCCN1C(=O)N1CC(O)CC1C(=O)O. The monoisotopic (exact) mass is 242 g/mol. The number of rotatable bonds is 1. The Kier molecular flexibility index (Phi) is 3.24. The lowest BCUT2D eigenvalue weighted by atomic mass is 10.2. The second-order valence-corrected chi connectivity index (χ2v) is 4.86. The summed E-state index contributed by atoms with van der Waals surface area (Å²) in [5.41, 5.74) is 0.